The van der Waals surface area contributed by atoms with Gasteiger partial charge in [-0.3, -0.25) is 4.79 Å². The average Bonchev–Trinajstić information content (AvgIpc) is 2.64. The first-order valence-electron chi connectivity index (χ1n) is 8.08. The molecule has 2 rings (SSSR count). The second kappa shape index (κ2) is 8.91. The Morgan fingerprint density at radius 1 is 1.15 bits per heavy atom. The van der Waals surface area contributed by atoms with Crippen molar-refractivity contribution < 1.29 is 17.9 Å². The second-order valence-electron chi connectivity index (χ2n) is 5.50. The molecule has 2 aromatic rings. The summed E-state index contributed by atoms with van der Waals surface area (Å²) in [6.07, 6.45) is 0.819. The number of halogens is 1. The molecule has 6 nitrogen and oxygen atoms in total. The van der Waals surface area contributed by atoms with Crippen molar-refractivity contribution in [1.82, 2.24) is 5.32 Å². The van der Waals surface area contributed by atoms with E-state index in [2.05, 4.69) is 10.6 Å². The first kappa shape index (κ1) is 20.1. The van der Waals surface area contributed by atoms with Crippen LogP contribution in [0.25, 0.3) is 0 Å². The molecule has 0 saturated carbocycles. The summed E-state index contributed by atoms with van der Waals surface area (Å²) in [6, 6.07) is 10.7. The van der Waals surface area contributed by atoms with Gasteiger partial charge in [0.2, 0.25) is 15.7 Å². The predicted octanol–water partition coefficient (Wildman–Crippen LogP) is 3.12. The van der Waals surface area contributed by atoms with Crippen molar-refractivity contribution in [3.05, 3.63) is 47.5 Å². The standard InChI is InChI=1S/C18H21ClN2O4S/c1-3-11-20-17(22)12-21-16-6-4-5-15(19)18(16)26(23,24)14-9-7-13(25-2)8-10-14/h4-10,21H,3,11-12H2,1-2H3,(H,20,22). The van der Waals surface area contributed by atoms with Gasteiger partial charge in [0.05, 0.1) is 29.3 Å². The topological polar surface area (TPSA) is 84.5 Å². The molecule has 0 aliphatic heterocycles. The molecule has 0 aliphatic rings. The number of amides is 1. The molecule has 0 aromatic heterocycles. The highest BCUT2D eigenvalue weighted by Gasteiger charge is 2.25. The number of carbonyl (C=O) groups is 1. The monoisotopic (exact) mass is 396 g/mol. The van der Waals surface area contributed by atoms with E-state index in [0.29, 0.717) is 12.3 Å². The van der Waals surface area contributed by atoms with Crippen LogP contribution in [0.4, 0.5) is 5.69 Å². The van der Waals surface area contributed by atoms with Crippen molar-refractivity contribution >= 4 is 33.0 Å². The zero-order chi connectivity index (χ0) is 19.2. The molecule has 0 bridgehead atoms. The number of carbonyl (C=O) groups excluding carboxylic acids is 1. The van der Waals surface area contributed by atoms with E-state index < -0.39 is 9.84 Å². The van der Waals surface area contributed by atoms with Gasteiger partial charge in [-0.1, -0.05) is 24.6 Å². The van der Waals surface area contributed by atoms with Crippen LogP contribution < -0.4 is 15.4 Å². The number of sulfone groups is 1. The lowest BCUT2D eigenvalue weighted by atomic mass is 10.3. The maximum absolute atomic E-state index is 13.0. The van der Waals surface area contributed by atoms with Crippen LogP contribution in [0.1, 0.15) is 13.3 Å². The van der Waals surface area contributed by atoms with Gasteiger partial charge in [-0.2, -0.15) is 0 Å². The highest BCUT2D eigenvalue weighted by Crippen LogP contribution is 2.34. The number of ether oxygens (including phenoxy) is 1. The number of hydrogen-bond donors (Lipinski definition) is 2. The molecule has 140 valence electrons. The van der Waals surface area contributed by atoms with Gasteiger partial charge in [-0.05, 0) is 42.8 Å². The van der Waals surface area contributed by atoms with Crippen LogP contribution in [0, 0.1) is 0 Å². The summed E-state index contributed by atoms with van der Waals surface area (Å²) in [6.45, 7) is 2.46. The molecule has 0 aliphatic carbocycles. The van der Waals surface area contributed by atoms with Crippen LogP contribution in [0.5, 0.6) is 5.75 Å². The van der Waals surface area contributed by atoms with Crippen molar-refractivity contribution in [2.45, 2.75) is 23.1 Å². The lowest BCUT2D eigenvalue weighted by Gasteiger charge is -2.14. The summed E-state index contributed by atoms with van der Waals surface area (Å²) in [5.41, 5.74) is 0.278. The van der Waals surface area contributed by atoms with Gasteiger partial charge in [0, 0.05) is 6.54 Å². The largest absolute Gasteiger partial charge is 0.497 e. The fraction of sp³-hybridized carbons (Fsp3) is 0.278. The number of rotatable bonds is 8. The quantitative estimate of drug-likeness (QED) is 0.716. The third-order valence-electron chi connectivity index (χ3n) is 3.62. The lowest BCUT2D eigenvalue weighted by molar-refractivity contribution is -0.119. The van der Waals surface area contributed by atoms with Gasteiger partial charge in [0.15, 0.2) is 0 Å². The third kappa shape index (κ3) is 4.68. The second-order valence-corrected chi connectivity index (χ2v) is 7.79. The highest BCUT2D eigenvalue weighted by molar-refractivity contribution is 7.91. The summed E-state index contributed by atoms with van der Waals surface area (Å²) >= 11 is 6.18. The van der Waals surface area contributed by atoms with Crippen LogP contribution in [-0.2, 0) is 14.6 Å². The van der Waals surface area contributed by atoms with Crippen LogP contribution in [0.3, 0.4) is 0 Å². The van der Waals surface area contributed by atoms with E-state index in [1.165, 1.54) is 25.3 Å². The number of nitrogens with one attached hydrogen (secondary N) is 2. The maximum Gasteiger partial charge on any atom is 0.239 e. The molecule has 0 fully saturated rings. The fourth-order valence-corrected chi connectivity index (χ4v) is 4.26. The van der Waals surface area contributed by atoms with E-state index in [-0.39, 0.29) is 33.0 Å². The number of anilines is 1. The summed E-state index contributed by atoms with van der Waals surface area (Å²) in [5, 5.41) is 5.67. The van der Waals surface area contributed by atoms with E-state index in [0.717, 1.165) is 6.42 Å². The van der Waals surface area contributed by atoms with Gasteiger partial charge in [-0.15, -0.1) is 0 Å². The van der Waals surface area contributed by atoms with Crippen molar-refractivity contribution in [2.75, 3.05) is 25.5 Å². The molecule has 1 amide bonds. The predicted molar refractivity (Wildman–Crippen MR) is 102 cm³/mol. The molecule has 0 unspecified atom stereocenters. The molecule has 0 atom stereocenters. The Morgan fingerprint density at radius 3 is 2.46 bits per heavy atom. The molecule has 0 saturated heterocycles. The van der Waals surface area contributed by atoms with Crippen LogP contribution in [0.2, 0.25) is 5.02 Å². The zero-order valence-electron chi connectivity index (χ0n) is 14.6. The van der Waals surface area contributed by atoms with Crippen molar-refractivity contribution in [2.24, 2.45) is 0 Å². The van der Waals surface area contributed by atoms with Crippen LogP contribution in [-0.4, -0.2) is 34.5 Å². The highest BCUT2D eigenvalue weighted by atomic mass is 35.5. The zero-order valence-corrected chi connectivity index (χ0v) is 16.2. The summed E-state index contributed by atoms with van der Waals surface area (Å²) in [4.78, 5) is 11.8. The Kier molecular flexibility index (Phi) is 6.88. The Hall–Kier alpha value is -2.25. The molecule has 0 heterocycles. The number of hydrogen-bond acceptors (Lipinski definition) is 5. The van der Waals surface area contributed by atoms with Gasteiger partial charge < -0.3 is 15.4 Å². The van der Waals surface area contributed by atoms with Gasteiger partial charge >= 0.3 is 0 Å². The maximum atomic E-state index is 13.0. The summed E-state index contributed by atoms with van der Waals surface area (Å²) in [7, 11) is -2.37. The molecule has 2 aromatic carbocycles. The first-order chi connectivity index (χ1) is 12.4. The first-order valence-corrected chi connectivity index (χ1v) is 9.94. The molecular formula is C18H21ClN2O4S. The minimum atomic E-state index is -3.87. The van der Waals surface area contributed by atoms with E-state index in [9.17, 15) is 13.2 Å². The van der Waals surface area contributed by atoms with E-state index in [4.69, 9.17) is 16.3 Å². The summed E-state index contributed by atoms with van der Waals surface area (Å²) < 4.78 is 31.1. The van der Waals surface area contributed by atoms with Gasteiger partial charge in [0.25, 0.3) is 0 Å². The molecule has 26 heavy (non-hydrogen) atoms. The number of benzene rings is 2. The number of methoxy groups -OCH3 is 1. The SMILES string of the molecule is CCCNC(=O)CNc1cccc(Cl)c1S(=O)(=O)c1ccc(OC)cc1. The molecule has 0 spiro atoms. The van der Waals surface area contributed by atoms with Crippen molar-refractivity contribution in [1.29, 1.82) is 0 Å². The Labute approximate surface area is 158 Å². The summed E-state index contributed by atoms with van der Waals surface area (Å²) in [5.74, 6) is 0.327. The van der Waals surface area contributed by atoms with Gasteiger partial charge in [0.1, 0.15) is 10.6 Å². The third-order valence-corrected chi connectivity index (χ3v) is 5.91. The Balaban J connectivity index is 2.33. The lowest BCUT2D eigenvalue weighted by Crippen LogP contribution is -2.30. The van der Waals surface area contributed by atoms with E-state index in [1.807, 2.05) is 6.92 Å². The minimum absolute atomic E-state index is 0.0501. The molecule has 8 heteroatoms. The fourth-order valence-electron chi connectivity index (χ4n) is 2.30. The Bertz CT molecular complexity index is 867. The van der Waals surface area contributed by atoms with Crippen molar-refractivity contribution in [3.63, 3.8) is 0 Å². The van der Waals surface area contributed by atoms with E-state index >= 15 is 0 Å². The molecule has 0 radical (unpaired) electrons. The Morgan fingerprint density at radius 2 is 1.85 bits per heavy atom. The van der Waals surface area contributed by atoms with Crippen molar-refractivity contribution in [3.8, 4) is 5.75 Å². The normalized spacial score (nSPS) is 11.0. The molecule has 2 N–H and O–H groups in total. The smallest absolute Gasteiger partial charge is 0.239 e. The average molecular weight is 397 g/mol. The van der Waals surface area contributed by atoms with Crippen LogP contribution in [0.15, 0.2) is 52.3 Å². The minimum Gasteiger partial charge on any atom is -0.497 e. The molecular weight excluding hydrogens is 376 g/mol. The van der Waals surface area contributed by atoms with Crippen LogP contribution >= 0.6 is 11.6 Å². The van der Waals surface area contributed by atoms with E-state index in [1.54, 1.807) is 24.3 Å². The van der Waals surface area contributed by atoms with Gasteiger partial charge in [-0.25, -0.2) is 8.42 Å².